The summed E-state index contributed by atoms with van der Waals surface area (Å²) in [7, 11) is -3.60. The molecular formula is C9H13ClN2O3S. The fraction of sp³-hybridized carbons (Fsp3) is 0.444. The van der Waals surface area contributed by atoms with E-state index in [9.17, 15) is 8.42 Å². The van der Waals surface area contributed by atoms with Crippen molar-refractivity contribution in [3.63, 3.8) is 0 Å². The maximum absolute atomic E-state index is 11.7. The average Bonchev–Trinajstić information content (AvgIpc) is 2.25. The molecule has 0 atom stereocenters. The van der Waals surface area contributed by atoms with Crippen molar-refractivity contribution in [1.82, 2.24) is 9.71 Å². The smallest absolute Gasteiger partial charge is 0.243 e. The number of nitrogens with zero attached hydrogens (tertiary/aromatic N) is 1. The summed E-state index contributed by atoms with van der Waals surface area (Å²) in [5.41, 5.74) is 0. The molecule has 1 rings (SSSR count). The SMILES string of the molecule is O=S(=O)(NCCCCO)c1cccnc1Cl. The number of aromatic nitrogens is 1. The summed E-state index contributed by atoms with van der Waals surface area (Å²) in [6.45, 7) is 0.323. The number of pyridine rings is 1. The van der Waals surface area contributed by atoms with Crippen molar-refractivity contribution in [2.24, 2.45) is 0 Å². The Labute approximate surface area is 99.5 Å². The van der Waals surface area contributed by atoms with Crippen molar-refractivity contribution in [1.29, 1.82) is 0 Å². The molecule has 0 spiro atoms. The largest absolute Gasteiger partial charge is 0.396 e. The second kappa shape index (κ2) is 6.15. The van der Waals surface area contributed by atoms with Gasteiger partial charge in [-0.05, 0) is 25.0 Å². The molecule has 1 aromatic heterocycles. The minimum absolute atomic E-state index is 0.0272. The third-order valence-corrected chi connectivity index (χ3v) is 3.80. The van der Waals surface area contributed by atoms with Crippen LogP contribution in [0.5, 0.6) is 0 Å². The molecule has 5 nitrogen and oxygen atoms in total. The van der Waals surface area contributed by atoms with E-state index in [-0.39, 0.29) is 23.2 Å². The van der Waals surface area contributed by atoms with Crippen LogP contribution in [-0.4, -0.2) is 31.7 Å². The molecule has 7 heteroatoms. The molecule has 90 valence electrons. The van der Waals surface area contributed by atoms with Crippen molar-refractivity contribution in [3.05, 3.63) is 23.5 Å². The van der Waals surface area contributed by atoms with Crippen LogP contribution in [0.3, 0.4) is 0 Å². The minimum atomic E-state index is -3.60. The molecule has 0 unspecified atom stereocenters. The Kier molecular flexibility index (Phi) is 5.14. The molecule has 0 fully saturated rings. The first-order chi connectivity index (χ1) is 7.58. The number of rotatable bonds is 6. The lowest BCUT2D eigenvalue weighted by Gasteiger charge is -2.06. The van der Waals surface area contributed by atoms with E-state index in [2.05, 4.69) is 9.71 Å². The van der Waals surface area contributed by atoms with Gasteiger partial charge in [0.1, 0.15) is 10.0 Å². The van der Waals surface area contributed by atoms with Gasteiger partial charge < -0.3 is 5.11 Å². The lowest BCUT2D eigenvalue weighted by molar-refractivity contribution is 0.285. The van der Waals surface area contributed by atoms with Crippen LogP contribution in [0.4, 0.5) is 0 Å². The van der Waals surface area contributed by atoms with E-state index in [1.165, 1.54) is 18.3 Å². The second-order valence-electron chi connectivity index (χ2n) is 3.12. The quantitative estimate of drug-likeness (QED) is 0.588. The van der Waals surface area contributed by atoms with Gasteiger partial charge in [0.15, 0.2) is 0 Å². The van der Waals surface area contributed by atoms with Gasteiger partial charge in [0.2, 0.25) is 10.0 Å². The molecule has 16 heavy (non-hydrogen) atoms. The van der Waals surface area contributed by atoms with Gasteiger partial charge in [-0.15, -0.1) is 0 Å². The van der Waals surface area contributed by atoms with Gasteiger partial charge in [0, 0.05) is 19.3 Å². The van der Waals surface area contributed by atoms with Crippen molar-refractivity contribution in [2.45, 2.75) is 17.7 Å². The van der Waals surface area contributed by atoms with Crippen LogP contribution < -0.4 is 4.72 Å². The summed E-state index contributed by atoms with van der Waals surface area (Å²) in [6.07, 6.45) is 2.56. The molecule has 0 aromatic carbocycles. The van der Waals surface area contributed by atoms with E-state index in [1.807, 2.05) is 0 Å². The van der Waals surface area contributed by atoms with Gasteiger partial charge in [-0.1, -0.05) is 11.6 Å². The number of halogens is 1. The molecule has 0 saturated carbocycles. The van der Waals surface area contributed by atoms with E-state index >= 15 is 0 Å². The predicted molar refractivity (Wildman–Crippen MR) is 60.8 cm³/mol. The van der Waals surface area contributed by atoms with E-state index in [1.54, 1.807) is 0 Å². The van der Waals surface area contributed by atoms with E-state index < -0.39 is 10.0 Å². The molecule has 1 heterocycles. The van der Waals surface area contributed by atoms with Crippen LogP contribution in [0.25, 0.3) is 0 Å². The summed E-state index contributed by atoms with van der Waals surface area (Å²) < 4.78 is 25.8. The van der Waals surface area contributed by atoms with Gasteiger partial charge in [-0.25, -0.2) is 18.1 Å². The van der Waals surface area contributed by atoms with E-state index in [0.717, 1.165) is 0 Å². The first-order valence-corrected chi connectivity index (χ1v) is 6.65. The Morgan fingerprint density at radius 1 is 1.44 bits per heavy atom. The summed E-state index contributed by atoms with van der Waals surface area (Å²) in [4.78, 5) is 3.67. The van der Waals surface area contributed by atoms with Crippen LogP contribution in [0.15, 0.2) is 23.2 Å². The van der Waals surface area contributed by atoms with Crippen molar-refractivity contribution >= 4 is 21.6 Å². The summed E-state index contributed by atoms with van der Waals surface area (Å²) in [6, 6.07) is 2.90. The zero-order valence-electron chi connectivity index (χ0n) is 8.56. The highest BCUT2D eigenvalue weighted by atomic mass is 35.5. The van der Waals surface area contributed by atoms with Gasteiger partial charge >= 0.3 is 0 Å². The number of aliphatic hydroxyl groups is 1. The molecule has 0 amide bonds. The molecule has 0 aliphatic heterocycles. The van der Waals surface area contributed by atoms with Gasteiger partial charge in [0.25, 0.3) is 0 Å². The molecule has 0 saturated heterocycles. The Balaban J connectivity index is 2.68. The number of unbranched alkanes of at least 4 members (excludes halogenated alkanes) is 1. The van der Waals surface area contributed by atoms with Gasteiger partial charge in [-0.2, -0.15) is 0 Å². The fourth-order valence-corrected chi connectivity index (χ4v) is 2.62. The molecule has 0 aliphatic rings. The zero-order chi connectivity index (χ0) is 12.0. The van der Waals surface area contributed by atoms with Gasteiger partial charge in [0.05, 0.1) is 0 Å². The van der Waals surface area contributed by atoms with E-state index in [4.69, 9.17) is 16.7 Å². The highest BCUT2D eigenvalue weighted by Crippen LogP contribution is 2.17. The zero-order valence-corrected chi connectivity index (χ0v) is 10.1. The molecular weight excluding hydrogens is 252 g/mol. The lowest BCUT2D eigenvalue weighted by atomic mass is 10.3. The first kappa shape index (κ1) is 13.4. The highest BCUT2D eigenvalue weighted by molar-refractivity contribution is 7.89. The van der Waals surface area contributed by atoms with Crippen molar-refractivity contribution < 1.29 is 13.5 Å². The van der Waals surface area contributed by atoms with Crippen LogP contribution >= 0.6 is 11.6 Å². The van der Waals surface area contributed by atoms with Crippen molar-refractivity contribution in [3.8, 4) is 0 Å². The maximum Gasteiger partial charge on any atom is 0.243 e. The summed E-state index contributed by atoms with van der Waals surface area (Å²) in [5, 5.41) is 8.50. The Morgan fingerprint density at radius 3 is 2.81 bits per heavy atom. The van der Waals surface area contributed by atoms with Crippen LogP contribution in [-0.2, 0) is 10.0 Å². The Morgan fingerprint density at radius 2 is 2.19 bits per heavy atom. The molecule has 0 radical (unpaired) electrons. The van der Waals surface area contributed by atoms with E-state index in [0.29, 0.717) is 12.8 Å². The molecule has 1 aromatic rings. The topological polar surface area (TPSA) is 79.3 Å². The number of hydrogen-bond donors (Lipinski definition) is 2. The molecule has 0 bridgehead atoms. The maximum atomic E-state index is 11.7. The Bertz CT molecular complexity index is 436. The predicted octanol–water partition coefficient (Wildman–Crippen LogP) is 0.786. The summed E-state index contributed by atoms with van der Waals surface area (Å²) >= 11 is 5.68. The minimum Gasteiger partial charge on any atom is -0.396 e. The monoisotopic (exact) mass is 264 g/mol. The van der Waals surface area contributed by atoms with Crippen LogP contribution in [0.2, 0.25) is 5.15 Å². The number of sulfonamides is 1. The average molecular weight is 265 g/mol. The second-order valence-corrected chi connectivity index (χ2v) is 5.21. The van der Waals surface area contributed by atoms with Crippen molar-refractivity contribution in [2.75, 3.05) is 13.2 Å². The number of nitrogens with one attached hydrogen (secondary N) is 1. The normalized spacial score (nSPS) is 11.6. The number of aliphatic hydroxyl groups excluding tert-OH is 1. The third-order valence-electron chi connectivity index (χ3n) is 1.89. The standard InChI is InChI=1S/C9H13ClN2O3S/c10-9-8(4-3-5-11-9)16(14,15)12-6-1-2-7-13/h3-5,12-13H,1-2,6-7H2. The van der Waals surface area contributed by atoms with Crippen LogP contribution in [0.1, 0.15) is 12.8 Å². The number of hydrogen-bond acceptors (Lipinski definition) is 4. The first-order valence-electron chi connectivity index (χ1n) is 4.79. The van der Waals surface area contributed by atoms with Gasteiger partial charge in [-0.3, -0.25) is 0 Å². The fourth-order valence-electron chi connectivity index (χ4n) is 1.09. The summed E-state index contributed by atoms with van der Waals surface area (Å²) in [5.74, 6) is 0. The van der Waals surface area contributed by atoms with Crippen LogP contribution in [0, 0.1) is 0 Å². The lowest BCUT2D eigenvalue weighted by Crippen LogP contribution is -2.25. The third kappa shape index (κ3) is 3.71. The Hall–Kier alpha value is -0.690. The molecule has 2 N–H and O–H groups in total. The molecule has 0 aliphatic carbocycles. The highest BCUT2D eigenvalue weighted by Gasteiger charge is 2.17.